The van der Waals surface area contributed by atoms with E-state index < -0.39 is 0 Å². The topological polar surface area (TPSA) is 51.3 Å². The number of nitrogen functional groups attached to an aromatic ring is 1. The second-order valence-electron chi connectivity index (χ2n) is 5.85. The van der Waals surface area contributed by atoms with E-state index in [9.17, 15) is 4.79 Å². The summed E-state index contributed by atoms with van der Waals surface area (Å²) in [7, 11) is 0. The summed E-state index contributed by atoms with van der Waals surface area (Å²) >= 11 is 0. The van der Waals surface area contributed by atoms with Gasteiger partial charge in [-0.3, -0.25) is 9.69 Å². The molecule has 0 bridgehead atoms. The van der Waals surface area contributed by atoms with E-state index in [4.69, 9.17) is 5.73 Å². The third-order valence-electron chi connectivity index (χ3n) is 3.69. The van der Waals surface area contributed by atoms with Crippen LogP contribution >= 0.6 is 0 Å². The first-order valence-electron chi connectivity index (χ1n) is 7.67. The van der Waals surface area contributed by atoms with E-state index in [-0.39, 0.29) is 5.56 Å². The molecule has 1 heterocycles. The lowest BCUT2D eigenvalue weighted by Crippen LogP contribution is -2.40. The molecule has 0 atom stereocenters. The highest BCUT2D eigenvalue weighted by atomic mass is 16.1. The molecule has 0 spiro atoms. The summed E-state index contributed by atoms with van der Waals surface area (Å²) < 4.78 is 1.71. The molecule has 0 unspecified atom stereocenters. The fourth-order valence-electron chi connectivity index (χ4n) is 2.66. The number of nitrogens with two attached hydrogens (primary N) is 1. The van der Waals surface area contributed by atoms with Crippen LogP contribution in [0, 0.1) is 5.92 Å². The average Bonchev–Trinajstić information content (AvgIpc) is 2.40. The lowest BCUT2D eigenvalue weighted by molar-refractivity contribution is 0.159. The van der Waals surface area contributed by atoms with E-state index in [0.29, 0.717) is 24.2 Å². The van der Waals surface area contributed by atoms with Crippen LogP contribution in [0.3, 0.4) is 0 Å². The highest BCUT2D eigenvalue weighted by Gasteiger charge is 2.16. The fourth-order valence-corrected chi connectivity index (χ4v) is 2.66. The molecule has 20 heavy (non-hydrogen) atoms. The van der Waals surface area contributed by atoms with Crippen LogP contribution in [0.2, 0.25) is 0 Å². The van der Waals surface area contributed by atoms with Gasteiger partial charge < -0.3 is 10.3 Å². The molecule has 114 valence electrons. The van der Waals surface area contributed by atoms with Crippen LogP contribution in [0.5, 0.6) is 0 Å². The van der Waals surface area contributed by atoms with Crippen molar-refractivity contribution in [3.8, 4) is 0 Å². The van der Waals surface area contributed by atoms with Crippen molar-refractivity contribution in [1.29, 1.82) is 0 Å². The van der Waals surface area contributed by atoms with Gasteiger partial charge in [-0.2, -0.15) is 0 Å². The Balaban J connectivity index is 2.74. The van der Waals surface area contributed by atoms with Gasteiger partial charge >= 0.3 is 0 Å². The van der Waals surface area contributed by atoms with E-state index >= 15 is 0 Å². The predicted molar refractivity (Wildman–Crippen MR) is 85.9 cm³/mol. The van der Waals surface area contributed by atoms with Crippen molar-refractivity contribution in [2.24, 2.45) is 5.92 Å². The van der Waals surface area contributed by atoms with Gasteiger partial charge in [-0.05, 0) is 24.8 Å². The van der Waals surface area contributed by atoms with Crippen LogP contribution in [0.15, 0.2) is 23.1 Å². The fraction of sp³-hybridized carbons (Fsp3) is 0.688. The van der Waals surface area contributed by atoms with E-state index in [1.54, 1.807) is 22.9 Å². The Hall–Kier alpha value is -1.29. The molecule has 0 aliphatic rings. The van der Waals surface area contributed by atoms with Crippen LogP contribution in [-0.4, -0.2) is 28.6 Å². The van der Waals surface area contributed by atoms with Gasteiger partial charge in [0.25, 0.3) is 5.56 Å². The molecule has 1 aromatic rings. The number of hydrogen-bond acceptors (Lipinski definition) is 3. The number of hydrogen-bond donors (Lipinski definition) is 1. The molecule has 0 aromatic carbocycles. The summed E-state index contributed by atoms with van der Waals surface area (Å²) in [5.74, 6) is 0.633. The second kappa shape index (κ2) is 8.10. The van der Waals surface area contributed by atoms with E-state index in [0.717, 1.165) is 25.9 Å². The Kier molecular flexibility index (Phi) is 6.79. The summed E-state index contributed by atoms with van der Waals surface area (Å²) in [6.07, 6.45) is 4.03. The standard InChI is InChI=1S/C16H29N3O/c1-5-15(6-2)18(11-13(3)4)9-10-19-12-14(17)7-8-16(19)20/h7-8,12-13,15H,5-6,9-11,17H2,1-4H3. The Morgan fingerprint density at radius 3 is 2.45 bits per heavy atom. The Morgan fingerprint density at radius 2 is 1.90 bits per heavy atom. The lowest BCUT2D eigenvalue weighted by Gasteiger charge is -2.32. The van der Waals surface area contributed by atoms with Crippen LogP contribution in [0.25, 0.3) is 0 Å². The van der Waals surface area contributed by atoms with Crippen LogP contribution in [0.1, 0.15) is 40.5 Å². The summed E-state index contributed by atoms with van der Waals surface area (Å²) in [6.45, 7) is 11.6. The first-order valence-corrected chi connectivity index (χ1v) is 7.67. The molecule has 4 nitrogen and oxygen atoms in total. The Bertz CT molecular complexity index is 449. The second-order valence-corrected chi connectivity index (χ2v) is 5.85. The molecule has 0 saturated heterocycles. The monoisotopic (exact) mass is 279 g/mol. The molecule has 0 aliphatic heterocycles. The number of pyridine rings is 1. The molecule has 0 fully saturated rings. The molecule has 0 aliphatic carbocycles. The minimum atomic E-state index is 0.0215. The Morgan fingerprint density at radius 1 is 1.25 bits per heavy atom. The summed E-state index contributed by atoms with van der Waals surface area (Å²) in [5.41, 5.74) is 6.42. The molecule has 0 amide bonds. The first-order chi connectivity index (χ1) is 9.47. The summed E-state index contributed by atoms with van der Waals surface area (Å²) in [5, 5.41) is 0. The first kappa shape index (κ1) is 16.8. The highest BCUT2D eigenvalue weighted by Crippen LogP contribution is 2.11. The molecule has 1 rings (SSSR count). The van der Waals surface area contributed by atoms with Gasteiger partial charge in [0, 0.05) is 43.6 Å². The lowest BCUT2D eigenvalue weighted by atomic mass is 10.1. The quantitative estimate of drug-likeness (QED) is 0.795. The largest absolute Gasteiger partial charge is 0.398 e. The maximum atomic E-state index is 11.8. The van der Waals surface area contributed by atoms with Gasteiger partial charge in [0.2, 0.25) is 0 Å². The van der Waals surface area contributed by atoms with E-state index in [1.807, 2.05) is 0 Å². The molecule has 4 heteroatoms. The van der Waals surface area contributed by atoms with Crippen LogP contribution in [-0.2, 0) is 6.54 Å². The molecule has 2 N–H and O–H groups in total. The SMILES string of the molecule is CCC(CC)N(CCn1cc(N)ccc1=O)CC(C)C. The average molecular weight is 279 g/mol. The highest BCUT2D eigenvalue weighted by molar-refractivity contribution is 5.33. The van der Waals surface area contributed by atoms with Crippen molar-refractivity contribution in [2.45, 2.75) is 53.1 Å². The molecular weight excluding hydrogens is 250 g/mol. The zero-order chi connectivity index (χ0) is 15.1. The smallest absolute Gasteiger partial charge is 0.250 e. The Labute approximate surface area is 122 Å². The van der Waals surface area contributed by atoms with Crippen molar-refractivity contribution in [3.05, 3.63) is 28.7 Å². The third kappa shape index (κ3) is 5.00. The van der Waals surface area contributed by atoms with E-state index in [1.165, 1.54) is 0 Å². The number of rotatable bonds is 8. The normalized spacial score (nSPS) is 11.8. The summed E-state index contributed by atoms with van der Waals surface area (Å²) in [6, 6.07) is 3.79. The summed E-state index contributed by atoms with van der Waals surface area (Å²) in [4.78, 5) is 14.3. The molecule has 1 aromatic heterocycles. The van der Waals surface area contributed by atoms with Crippen LogP contribution < -0.4 is 11.3 Å². The van der Waals surface area contributed by atoms with Gasteiger partial charge in [-0.15, -0.1) is 0 Å². The van der Waals surface area contributed by atoms with E-state index in [2.05, 4.69) is 32.6 Å². The maximum Gasteiger partial charge on any atom is 0.250 e. The van der Waals surface area contributed by atoms with Crippen LogP contribution in [0.4, 0.5) is 5.69 Å². The van der Waals surface area contributed by atoms with Crippen molar-refractivity contribution >= 4 is 5.69 Å². The molecule has 0 saturated carbocycles. The molecular formula is C16H29N3O. The minimum Gasteiger partial charge on any atom is -0.398 e. The van der Waals surface area contributed by atoms with Crippen molar-refractivity contribution in [2.75, 3.05) is 18.8 Å². The van der Waals surface area contributed by atoms with Crippen molar-refractivity contribution in [1.82, 2.24) is 9.47 Å². The van der Waals surface area contributed by atoms with Gasteiger partial charge in [0.1, 0.15) is 0 Å². The maximum absolute atomic E-state index is 11.8. The minimum absolute atomic E-state index is 0.0215. The third-order valence-corrected chi connectivity index (χ3v) is 3.69. The van der Waals surface area contributed by atoms with Gasteiger partial charge in [0.15, 0.2) is 0 Å². The van der Waals surface area contributed by atoms with Crippen molar-refractivity contribution in [3.63, 3.8) is 0 Å². The molecule has 0 radical (unpaired) electrons. The zero-order valence-electron chi connectivity index (χ0n) is 13.3. The van der Waals surface area contributed by atoms with Gasteiger partial charge in [-0.1, -0.05) is 27.7 Å². The van der Waals surface area contributed by atoms with Gasteiger partial charge in [-0.25, -0.2) is 0 Å². The number of anilines is 1. The number of aromatic nitrogens is 1. The number of nitrogens with zero attached hydrogens (tertiary/aromatic N) is 2. The predicted octanol–water partition coefficient (Wildman–Crippen LogP) is 2.58. The zero-order valence-corrected chi connectivity index (χ0v) is 13.3. The van der Waals surface area contributed by atoms with Crippen molar-refractivity contribution < 1.29 is 0 Å². The van der Waals surface area contributed by atoms with Gasteiger partial charge in [0.05, 0.1) is 0 Å².